The Bertz CT molecular complexity index is 206. The van der Waals surface area contributed by atoms with Crippen LogP contribution in [0, 0.1) is 29.6 Å². The molecule has 1 heterocycles. The van der Waals surface area contributed by atoms with Crippen molar-refractivity contribution in [2.45, 2.75) is 19.3 Å². The lowest BCUT2D eigenvalue weighted by Crippen LogP contribution is -2.45. The van der Waals surface area contributed by atoms with Crippen LogP contribution >= 0.6 is 0 Å². The van der Waals surface area contributed by atoms with E-state index in [0.717, 1.165) is 23.7 Å². The number of aliphatic hydroxyl groups is 1. The van der Waals surface area contributed by atoms with Crippen LogP contribution < -0.4 is 5.32 Å². The van der Waals surface area contributed by atoms with Crippen LogP contribution in [0.3, 0.4) is 0 Å². The van der Waals surface area contributed by atoms with E-state index in [9.17, 15) is 5.11 Å². The molecule has 2 bridgehead atoms. The third-order valence-electron chi connectivity index (χ3n) is 4.78. The number of rotatable bonds is 1. The van der Waals surface area contributed by atoms with Gasteiger partial charge in [0.15, 0.2) is 0 Å². The molecule has 1 aliphatic heterocycles. The topological polar surface area (TPSA) is 32.3 Å². The third-order valence-corrected chi connectivity index (χ3v) is 4.78. The van der Waals surface area contributed by atoms with E-state index in [4.69, 9.17) is 0 Å². The molecule has 5 atom stereocenters. The molecule has 0 amide bonds. The Labute approximate surface area is 79.7 Å². The van der Waals surface area contributed by atoms with Crippen molar-refractivity contribution in [2.24, 2.45) is 29.6 Å². The first-order valence-electron chi connectivity index (χ1n) is 5.71. The molecule has 4 aliphatic rings. The molecule has 13 heavy (non-hydrogen) atoms. The van der Waals surface area contributed by atoms with Gasteiger partial charge in [0, 0.05) is 6.61 Å². The molecule has 0 unspecified atom stereocenters. The van der Waals surface area contributed by atoms with Gasteiger partial charge in [0.25, 0.3) is 0 Å². The monoisotopic (exact) mass is 181 g/mol. The molecular formula is C11H19NO. The molecule has 4 rings (SSSR count). The van der Waals surface area contributed by atoms with Crippen LogP contribution in [-0.4, -0.2) is 24.8 Å². The summed E-state index contributed by atoms with van der Waals surface area (Å²) in [6.45, 7) is 2.91. The number of hydrogen-bond donors (Lipinski definition) is 2. The minimum Gasteiger partial charge on any atom is -0.396 e. The van der Waals surface area contributed by atoms with Gasteiger partial charge in [-0.15, -0.1) is 0 Å². The van der Waals surface area contributed by atoms with E-state index in [1.807, 2.05) is 0 Å². The summed E-state index contributed by atoms with van der Waals surface area (Å²) in [5, 5.41) is 12.8. The van der Waals surface area contributed by atoms with Gasteiger partial charge in [0.2, 0.25) is 0 Å². The fourth-order valence-corrected chi connectivity index (χ4v) is 4.19. The molecule has 4 fully saturated rings. The Kier molecular flexibility index (Phi) is 1.88. The fourth-order valence-electron chi connectivity index (χ4n) is 4.19. The van der Waals surface area contributed by atoms with Gasteiger partial charge in [-0.2, -0.15) is 0 Å². The normalized spacial score (nSPS) is 53.8. The first kappa shape index (κ1) is 8.25. The Hall–Kier alpha value is -0.0800. The van der Waals surface area contributed by atoms with E-state index in [1.165, 1.54) is 32.4 Å². The summed E-state index contributed by atoms with van der Waals surface area (Å²) < 4.78 is 0. The van der Waals surface area contributed by atoms with E-state index < -0.39 is 0 Å². The number of aliphatic hydroxyl groups excluding tert-OH is 1. The molecule has 2 N–H and O–H groups in total. The predicted octanol–water partition coefficient (Wildman–Crippen LogP) is 0.860. The lowest BCUT2D eigenvalue weighted by molar-refractivity contribution is -0.0205. The van der Waals surface area contributed by atoms with Gasteiger partial charge in [0.05, 0.1) is 0 Å². The minimum atomic E-state index is 0.435. The zero-order valence-corrected chi connectivity index (χ0v) is 8.08. The molecule has 0 aromatic rings. The average Bonchev–Trinajstić information content (AvgIpc) is 2.68. The Morgan fingerprint density at radius 1 is 1.08 bits per heavy atom. The van der Waals surface area contributed by atoms with Gasteiger partial charge in [-0.25, -0.2) is 0 Å². The van der Waals surface area contributed by atoms with Crippen molar-refractivity contribution in [2.75, 3.05) is 19.7 Å². The Morgan fingerprint density at radius 3 is 2.77 bits per heavy atom. The Morgan fingerprint density at radius 2 is 1.92 bits per heavy atom. The van der Waals surface area contributed by atoms with E-state index in [2.05, 4.69) is 5.32 Å². The lowest BCUT2D eigenvalue weighted by Gasteiger charge is -2.49. The molecule has 1 saturated heterocycles. The van der Waals surface area contributed by atoms with Crippen LogP contribution in [0.25, 0.3) is 0 Å². The first-order valence-corrected chi connectivity index (χ1v) is 5.71. The van der Waals surface area contributed by atoms with Crippen LogP contribution in [0.5, 0.6) is 0 Å². The van der Waals surface area contributed by atoms with Gasteiger partial charge in [-0.05, 0) is 61.9 Å². The smallest absolute Gasteiger partial charge is 0.0462 e. The molecule has 2 nitrogen and oxygen atoms in total. The highest BCUT2D eigenvalue weighted by Gasteiger charge is 2.49. The van der Waals surface area contributed by atoms with Gasteiger partial charge in [-0.3, -0.25) is 0 Å². The minimum absolute atomic E-state index is 0.435. The largest absolute Gasteiger partial charge is 0.396 e. The molecule has 0 spiro atoms. The molecule has 0 radical (unpaired) electrons. The summed E-state index contributed by atoms with van der Waals surface area (Å²) in [6.07, 6.45) is 4.13. The van der Waals surface area contributed by atoms with E-state index in [1.54, 1.807) is 0 Å². The van der Waals surface area contributed by atoms with Crippen molar-refractivity contribution in [3.63, 3.8) is 0 Å². The highest BCUT2D eigenvalue weighted by Crippen LogP contribution is 2.52. The molecular weight excluding hydrogens is 162 g/mol. The maximum absolute atomic E-state index is 9.31. The molecule has 3 saturated carbocycles. The van der Waals surface area contributed by atoms with Crippen molar-refractivity contribution in [3.05, 3.63) is 0 Å². The highest BCUT2D eigenvalue weighted by atomic mass is 16.3. The highest BCUT2D eigenvalue weighted by molar-refractivity contribution is 5.00. The van der Waals surface area contributed by atoms with Crippen LogP contribution in [0.4, 0.5) is 0 Å². The second kappa shape index (κ2) is 2.96. The van der Waals surface area contributed by atoms with Crippen LogP contribution in [0.1, 0.15) is 19.3 Å². The van der Waals surface area contributed by atoms with Gasteiger partial charge >= 0.3 is 0 Å². The van der Waals surface area contributed by atoms with Crippen LogP contribution in [0.15, 0.2) is 0 Å². The average molecular weight is 181 g/mol. The first-order chi connectivity index (χ1) is 6.40. The fraction of sp³-hybridized carbons (Fsp3) is 1.00. The molecule has 0 aromatic heterocycles. The second-order valence-electron chi connectivity index (χ2n) is 5.17. The second-order valence-corrected chi connectivity index (χ2v) is 5.17. The molecule has 0 aromatic carbocycles. The van der Waals surface area contributed by atoms with Crippen LogP contribution in [0.2, 0.25) is 0 Å². The van der Waals surface area contributed by atoms with Crippen LogP contribution in [-0.2, 0) is 0 Å². The summed E-state index contributed by atoms with van der Waals surface area (Å²) in [5.41, 5.74) is 0. The summed E-state index contributed by atoms with van der Waals surface area (Å²) in [6, 6.07) is 0. The predicted molar refractivity (Wildman–Crippen MR) is 51.3 cm³/mol. The zero-order valence-electron chi connectivity index (χ0n) is 8.08. The van der Waals surface area contributed by atoms with Crippen molar-refractivity contribution in [3.8, 4) is 0 Å². The summed E-state index contributed by atoms with van der Waals surface area (Å²) >= 11 is 0. The summed E-state index contributed by atoms with van der Waals surface area (Å²) in [7, 11) is 0. The third kappa shape index (κ3) is 1.08. The number of hydrogen-bond acceptors (Lipinski definition) is 2. The lowest BCUT2D eigenvalue weighted by atomic mass is 9.56. The number of fused-ring (bicyclic) bond motifs is 2. The maximum atomic E-state index is 9.31. The quantitative estimate of drug-likeness (QED) is 0.629. The van der Waals surface area contributed by atoms with Gasteiger partial charge in [-0.1, -0.05) is 0 Å². The van der Waals surface area contributed by atoms with Gasteiger partial charge in [0.1, 0.15) is 0 Å². The maximum Gasteiger partial charge on any atom is 0.0462 e. The zero-order chi connectivity index (χ0) is 8.84. The number of nitrogens with one attached hydrogen (secondary N) is 1. The van der Waals surface area contributed by atoms with Crippen molar-refractivity contribution in [1.82, 2.24) is 5.32 Å². The van der Waals surface area contributed by atoms with Gasteiger partial charge < -0.3 is 10.4 Å². The van der Waals surface area contributed by atoms with Crippen molar-refractivity contribution >= 4 is 0 Å². The van der Waals surface area contributed by atoms with Crippen molar-refractivity contribution < 1.29 is 5.11 Å². The molecule has 3 aliphatic carbocycles. The van der Waals surface area contributed by atoms with E-state index >= 15 is 0 Å². The molecule has 74 valence electrons. The Balaban J connectivity index is 1.85. The standard InChI is InChI=1S/C11H19NO/c13-6-8-3-7-1-2-9(8)11-5-12-4-10(7)11/h7-13H,1-6H2/t7-,8+,9-,10-,11+/m1/s1. The van der Waals surface area contributed by atoms with E-state index in [-0.39, 0.29) is 0 Å². The summed E-state index contributed by atoms with van der Waals surface area (Å²) in [5.74, 6) is 4.28. The SMILES string of the molecule is OC[C@@H]1C[C@H]2CC[C@H]1[C@@H]1CNC[C@H]21. The summed E-state index contributed by atoms with van der Waals surface area (Å²) in [4.78, 5) is 0. The molecule has 2 heteroatoms. The van der Waals surface area contributed by atoms with Crippen molar-refractivity contribution in [1.29, 1.82) is 0 Å². The van der Waals surface area contributed by atoms with E-state index in [0.29, 0.717) is 12.5 Å².